The van der Waals surface area contributed by atoms with Gasteiger partial charge in [-0.2, -0.15) is 0 Å². The van der Waals surface area contributed by atoms with Gasteiger partial charge in [-0.1, -0.05) is 42.0 Å². The van der Waals surface area contributed by atoms with Gasteiger partial charge in [0.2, 0.25) is 0 Å². The Morgan fingerprint density at radius 3 is 2.71 bits per heavy atom. The molecule has 2 rings (SSSR count). The monoisotopic (exact) mass is 306 g/mol. The zero-order valence-electron chi connectivity index (χ0n) is 12.2. The van der Waals surface area contributed by atoms with Gasteiger partial charge in [0.1, 0.15) is 5.54 Å². The molecule has 0 spiro atoms. The normalized spacial score (nSPS) is 20.9. The van der Waals surface area contributed by atoms with Crippen LogP contribution in [0.5, 0.6) is 0 Å². The van der Waals surface area contributed by atoms with E-state index >= 15 is 0 Å². The van der Waals surface area contributed by atoms with Gasteiger partial charge in [0, 0.05) is 5.02 Å². The van der Waals surface area contributed by atoms with E-state index in [-0.39, 0.29) is 6.61 Å². The molecule has 1 amide bonds. The number of carbonyl (C=O) groups excluding carboxylic acids is 1. The highest BCUT2D eigenvalue weighted by molar-refractivity contribution is 6.30. The first kappa shape index (κ1) is 15.6. The lowest BCUT2D eigenvalue weighted by molar-refractivity contribution is 0.0884. The number of rotatable bonds is 3. The second kappa shape index (κ2) is 6.33. The zero-order chi connectivity index (χ0) is 15.5. The van der Waals surface area contributed by atoms with Gasteiger partial charge in [-0.3, -0.25) is 0 Å². The number of ether oxygens (including phenoxy) is 1. The molecule has 2 N–H and O–H groups in total. The van der Waals surface area contributed by atoms with E-state index in [9.17, 15) is 4.79 Å². The SMILES string of the molecule is CCOC(=O)N(N)C1(C)C=CCC=C1c1ccc(Cl)cc1. The standard InChI is InChI=1S/C16H19ClN2O2/c1-3-21-15(20)19(18)16(2)11-5-4-6-14(16)12-7-9-13(17)10-8-12/h5-11H,3-4,18H2,1-2H3. The van der Waals surface area contributed by atoms with Crippen LogP contribution >= 0.6 is 11.6 Å². The predicted molar refractivity (Wildman–Crippen MR) is 84.6 cm³/mol. The van der Waals surface area contributed by atoms with Crippen LogP contribution in [0.3, 0.4) is 0 Å². The molecule has 0 saturated carbocycles. The second-order valence-corrected chi connectivity index (χ2v) is 5.42. The lowest BCUT2D eigenvalue weighted by atomic mass is 9.82. The molecule has 112 valence electrons. The number of halogens is 1. The summed E-state index contributed by atoms with van der Waals surface area (Å²) in [6.45, 7) is 3.92. The van der Waals surface area contributed by atoms with Crippen LogP contribution < -0.4 is 5.84 Å². The first-order valence-electron chi connectivity index (χ1n) is 6.85. The van der Waals surface area contributed by atoms with E-state index < -0.39 is 11.6 Å². The van der Waals surface area contributed by atoms with E-state index in [4.69, 9.17) is 22.2 Å². The molecule has 1 aromatic rings. The van der Waals surface area contributed by atoms with Gasteiger partial charge in [-0.25, -0.2) is 15.6 Å². The van der Waals surface area contributed by atoms with Gasteiger partial charge in [-0.05, 0) is 43.5 Å². The second-order valence-electron chi connectivity index (χ2n) is 4.98. The summed E-state index contributed by atoms with van der Waals surface area (Å²) in [6, 6.07) is 7.48. The van der Waals surface area contributed by atoms with Crippen molar-refractivity contribution < 1.29 is 9.53 Å². The molecule has 1 atom stereocenters. The summed E-state index contributed by atoms with van der Waals surface area (Å²) in [7, 11) is 0. The molecule has 0 fully saturated rings. The molecule has 0 heterocycles. The first-order valence-corrected chi connectivity index (χ1v) is 7.22. The van der Waals surface area contributed by atoms with E-state index in [2.05, 4.69) is 6.08 Å². The molecule has 0 aromatic heterocycles. The summed E-state index contributed by atoms with van der Waals surface area (Å²) in [5, 5.41) is 1.80. The van der Waals surface area contributed by atoms with Crippen molar-refractivity contribution in [3.8, 4) is 0 Å². The molecule has 1 unspecified atom stereocenters. The molecular formula is C16H19ClN2O2. The topological polar surface area (TPSA) is 55.6 Å². The third kappa shape index (κ3) is 3.12. The Kier molecular flexibility index (Phi) is 4.70. The number of nitrogens with two attached hydrogens (primary N) is 1. The maximum atomic E-state index is 12.0. The van der Waals surface area contributed by atoms with Crippen molar-refractivity contribution in [3.63, 3.8) is 0 Å². The minimum atomic E-state index is -0.752. The highest BCUT2D eigenvalue weighted by Gasteiger charge is 2.37. The fourth-order valence-electron chi connectivity index (χ4n) is 2.41. The molecule has 0 bridgehead atoms. The molecule has 0 radical (unpaired) electrons. The van der Waals surface area contributed by atoms with Crippen LogP contribution in [0.2, 0.25) is 5.02 Å². The summed E-state index contributed by atoms with van der Waals surface area (Å²) >= 11 is 5.93. The minimum Gasteiger partial charge on any atom is -0.449 e. The molecule has 0 saturated heterocycles. The van der Waals surface area contributed by atoms with Crippen molar-refractivity contribution in [1.82, 2.24) is 5.01 Å². The third-order valence-corrected chi connectivity index (χ3v) is 3.82. The number of benzene rings is 1. The van der Waals surface area contributed by atoms with Crippen molar-refractivity contribution >= 4 is 23.3 Å². The van der Waals surface area contributed by atoms with E-state index in [1.165, 1.54) is 0 Å². The lowest BCUT2D eigenvalue weighted by Crippen LogP contribution is -2.54. The van der Waals surface area contributed by atoms with Crippen LogP contribution in [0.25, 0.3) is 5.57 Å². The Balaban J connectivity index is 2.37. The van der Waals surface area contributed by atoms with Gasteiger partial charge in [0.25, 0.3) is 0 Å². The maximum Gasteiger partial charge on any atom is 0.425 e. The van der Waals surface area contributed by atoms with Crippen LogP contribution in [-0.4, -0.2) is 23.2 Å². The average molecular weight is 307 g/mol. The summed E-state index contributed by atoms with van der Waals surface area (Å²) in [6.07, 6.45) is 6.21. The Bertz CT molecular complexity index is 580. The minimum absolute atomic E-state index is 0.284. The van der Waals surface area contributed by atoms with Crippen molar-refractivity contribution in [2.24, 2.45) is 5.84 Å². The van der Waals surface area contributed by atoms with Crippen LogP contribution in [0.15, 0.2) is 42.5 Å². The van der Waals surface area contributed by atoms with Gasteiger partial charge >= 0.3 is 6.09 Å². The van der Waals surface area contributed by atoms with Crippen LogP contribution in [-0.2, 0) is 4.74 Å². The van der Waals surface area contributed by atoms with Crippen molar-refractivity contribution in [2.45, 2.75) is 25.8 Å². The number of hydrogen-bond donors (Lipinski definition) is 1. The summed E-state index contributed by atoms with van der Waals surface area (Å²) in [4.78, 5) is 12.0. The quantitative estimate of drug-likeness (QED) is 0.400. The molecule has 4 nitrogen and oxygen atoms in total. The molecule has 1 aliphatic rings. The largest absolute Gasteiger partial charge is 0.449 e. The van der Waals surface area contributed by atoms with E-state index in [1.54, 1.807) is 6.92 Å². The Morgan fingerprint density at radius 1 is 1.43 bits per heavy atom. The van der Waals surface area contributed by atoms with E-state index in [0.29, 0.717) is 5.02 Å². The first-order chi connectivity index (χ1) is 9.99. The highest BCUT2D eigenvalue weighted by atomic mass is 35.5. The number of allylic oxidation sites excluding steroid dienone is 2. The fraction of sp³-hybridized carbons (Fsp3) is 0.312. The summed E-state index contributed by atoms with van der Waals surface area (Å²) in [5.41, 5.74) is 1.18. The van der Waals surface area contributed by atoms with Crippen molar-refractivity contribution in [3.05, 3.63) is 53.1 Å². The van der Waals surface area contributed by atoms with Gasteiger partial charge in [0.05, 0.1) is 6.61 Å². The number of nitrogens with zero attached hydrogens (tertiary/aromatic N) is 1. The van der Waals surface area contributed by atoms with Crippen LogP contribution in [0.1, 0.15) is 25.8 Å². The fourth-order valence-corrected chi connectivity index (χ4v) is 2.54. The lowest BCUT2D eigenvalue weighted by Gasteiger charge is -2.38. The van der Waals surface area contributed by atoms with E-state index in [0.717, 1.165) is 22.6 Å². The smallest absolute Gasteiger partial charge is 0.425 e. The average Bonchev–Trinajstić information content (AvgIpc) is 2.48. The van der Waals surface area contributed by atoms with Gasteiger partial charge in [0.15, 0.2) is 0 Å². The predicted octanol–water partition coefficient (Wildman–Crippen LogP) is 3.77. The maximum absolute atomic E-state index is 12.0. The molecule has 5 heteroatoms. The van der Waals surface area contributed by atoms with Crippen molar-refractivity contribution in [2.75, 3.05) is 6.61 Å². The van der Waals surface area contributed by atoms with Gasteiger partial charge < -0.3 is 4.74 Å². The summed E-state index contributed by atoms with van der Waals surface area (Å²) in [5.74, 6) is 6.01. The van der Waals surface area contributed by atoms with Gasteiger partial charge in [-0.15, -0.1) is 0 Å². The number of amides is 1. The Morgan fingerprint density at radius 2 is 2.10 bits per heavy atom. The van der Waals surface area contributed by atoms with Crippen LogP contribution in [0, 0.1) is 0 Å². The highest BCUT2D eigenvalue weighted by Crippen LogP contribution is 2.36. The molecular weight excluding hydrogens is 288 g/mol. The number of hydrogen-bond acceptors (Lipinski definition) is 3. The Labute approximate surface area is 129 Å². The third-order valence-electron chi connectivity index (χ3n) is 3.57. The van der Waals surface area contributed by atoms with Crippen LogP contribution in [0.4, 0.5) is 4.79 Å². The van der Waals surface area contributed by atoms with Crippen molar-refractivity contribution in [1.29, 1.82) is 0 Å². The number of hydrazine groups is 1. The molecule has 1 aromatic carbocycles. The molecule has 21 heavy (non-hydrogen) atoms. The summed E-state index contributed by atoms with van der Waals surface area (Å²) < 4.78 is 5.01. The zero-order valence-corrected chi connectivity index (χ0v) is 12.9. The molecule has 1 aliphatic carbocycles. The Hall–Kier alpha value is -1.78. The van der Waals surface area contributed by atoms with E-state index in [1.807, 2.05) is 43.3 Å². The number of carbonyl (C=O) groups is 1. The molecule has 0 aliphatic heterocycles.